The molecule has 2 aromatic rings. The summed E-state index contributed by atoms with van der Waals surface area (Å²) < 4.78 is 0. The number of rotatable bonds is 6. The van der Waals surface area contributed by atoms with E-state index in [1.54, 1.807) is 6.92 Å². The predicted octanol–water partition coefficient (Wildman–Crippen LogP) is 1.54. The van der Waals surface area contributed by atoms with E-state index in [4.69, 9.17) is 0 Å². The van der Waals surface area contributed by atoms with Crippen molar-refractivity contribution in [3.8, 4) is 0 Å². The predicted molar refractivity (Wildman–Crippen MR) is 95.7 cm³/mol. The largest absolute Gasteiger partial charge is 0.355 e. The molecule has 6 heteroatoms. The van der Waals surface area contributed by atoms with E-state index in [1.165, 1.54) is 12.0 Å². The lowest BCUT2D eigenvalue weighted by Gasteiger charge is -2.42. The average molecular weight is 341 g/mol. The van der Waals surface area contributed by atoms with Gasteiger partial charge in [-0.1, -0.05) is 36.8 Å². The highest BCUT2D eigenvalue weighted by Crippen LogP contribution is 2.43. The molecule has 1 aromatic heterocycles. The van der Waals surface area contributed by atoms with E-state index >= 15 is 0 Å². The fourth-order valence-corrected chi connectivity index (χ4v) is 3.48. The number of hydrogen-bond donors (Lipinski definition) is 3. The zero-order valence-electron chi connectivity index (χ0n) is 14.4. The van der Waals surface area contributed by atoms with Crippen LogP contribution in [0.2, 0.25) is 0 Å². The van der Waals surface area contributed by atoms with Gasteiger partial charge >= 0.3 is 5.69 Å². The third kappa shape index (κ3) is 3.73. The van der Waals surface area contributed by atoms with Crippen molar-refractivity contribution in [1.82, 2.24) is 15.3 Å². The van der Waals surface area contributed by atoms with Crippen LogP contribution in [0.3, 0.4) is 0 Å². The molecule has 1 amide bonds. The monoisotopic (exact) mass is 341 g/mol. The van der Waals surface area contributed by atoms with Gasteiger partial charge < -0.3 is 10.3 Å². The first-order chi connectivity index (χ1) is 12.0. The van der Waals surface area contributed by atoms with Crippen molar-refractivity contribution in [3.63, 3.8) is 0 Å². The maximum atomic E-state index is 12.2. The van der Waals surface area contributed by atoms with Gasteiger partial charge in [-0.15, -0.1) is 0 Å². The van der Waals surface area contributed by atoms with Gasteiger partial charge in [-0.2, -0.15) is 0 Å². The van der Waals surface area contributed by atoms with Gasteiger partial charge in [-0.3, -0.25) is 14.6 Å². The average Bonchev–Trinajstić information content (AvgIpc) is 2.54. The van der Waals surface area contributed by atoms with Crippen LogP contribution in [0.1, 0.15) is 42.5 Å². The van der Waals surface area contributed by atoms with Crippen LogP contribution in [0.5, 0.6) is 0 Å². The minimum atomic E-state index is -0.523. The SMILES string of the molecule is Cc1[nH]c(=O)[nH]c(=O)c1CCC(=O)NCC1(c2ccccc2)CCC1. The number of aromatic amines is 2. The van der Waals surface area contributed by atoms with Crippen molar-refractivity contribution >= 4 is 5.91 Å². The van der Waals surface area contributed by atoms with E-state index in [2.05, 4.69) is 27.4 Å². The van der Waals surface area contributed by atoms with E-state index in [-0.39, 0.29) is 17.7 Å². The van der Waals surface area contributed by atoms with Crippen LogP contribution in [0, 0.1) is 6.92 Å². The molecule has 0 bridgehead atoms. The molecule has 25 heavy (non-hydrogen) atoms. The normalized spacial score (nSPS) is 15.4. The summed E-state index contributed by atoms with van der Waals surface area (Å²) in [6.45, 7) is 2.29. The quantitative estimate of drug-likeness (QED) is 0.744. The minimum Gasteiger partial charge on any atom is -0.355 e. The van der Waals surface area contributed by atoms with E-state index < -0.39 is 11.2 Å². The number of aryl methyl sites for hydroxylation is 1. The first-order valence-electron chi connectivity index (χ1n) is 8.64. The minimum absolute atomic E-state index is 0.0439. The molecule has 1 aliphatic carbocycles. The van der Waals surface area contributed by atoms with Crippen molar-refractivity contribution < 1.29 is 4.79 Å². The first-order valence-corrected chi connectivity index (χ1v) is 8.64. The third-order valence-corrected chi connectivity index (χ3v) is 5.18. The van der Waals surface area contributed by atoms with Crippen molar-refractivity contribution in [2.75, 3.05) is 6.54 Å². The third-order valence-electron chi connectivity index (χ3n) is 5.18. The number of H-pyrrole nitrogens is 2. The van der Waals surface area contributed by atoms with Gasteiger partial charge in [-0.25, -0.2) is 4.79 Å². The lowest BCUT2D eigenvalue weighted by Crippen LogP contribution is -2.45. The molecule has 0 saturated heterocycles. The van der Waals surface area contributed by atoms with Crippen LogP contribution in [0.4, 0.5) is 0 Å². The standard InChI is InChI=1S/C19H23N3O3/c1-13-15(17(24)22-18(25)21-13)8-9-16(23)20-12-19(10-5-11-19)14-6-3-2-4-7-14/h2-4,6-7H,5,8-12H2,1H3,(H,20,23)(H2,21,22,24,25). The van der Waals surface area contributed by atoms with Gasteiger partial charge in [0.1, 0.15) is 0 Å². The summed E-state index contributed by atoms with van der Waals surface area (Å²) in [6.07, 6.45) is 3.87. The summed E-state index contributed by atoms with van der Waals surface area (Å²) in [4.78, 5) is 40.0. The van der Waals surface area contributed by atoms with E-state index in [0.717, 1.165) is 12.8 Å². The molecule has 1 saturated carbocycles. The molecule has 1 fully saturated rings. The Morgan fingerprint density at radius 2 is 1.88 bits per heavy atom. The number of carbonyl (C=O) groups is 1. The Bertz CT molecular complexity index is 863. The molecule has 1 aromatic carbocycles. The molecule has 3 N–H and O–H groups in total. The second-order valence-electron chi connectivity index (χ2n) is 6.79. The highest BCUT2D eigenvalue weighted by Gasteiger charge is 2.38. The Labute approximate surface area is 145 Å². The van der Waals surface area contributed by atoms with Crippen LogP contribution in [0.15, 0.2) is 39.9 Å². The van der Waals surface area contributed by atoms with Gasteiger partial charge in [0.05, 0.1) is 0 Å². The first kappa shape index (κ1) is 17.2. The van der Waals surface area contributed by atoms with Gasteiger partial charge in [0.2, 0.25) is 5.91 Å². The highest BCUT2D eigenvalue weighted by molar-refractivity contribution is 5.76. The highest BCUT2D eigenvalue weighted by atomic mass is 16.2. The topological polar surface area (TPSA) is 94.8 Å². The summed E-state index contributed by atoms with van der Waals surface area (Å²) in [5.41, 5.74) is 1.34. The van der Waals surface area contributed by atoms with Crippen LogP contribution < -0.4 is 16.6 Å². The van der Waals surface area contributed by atoms with Crippen molar-refractivity contribution in [2.45, 2.75) is 44.4 Å². The number of nitrogens with one attached hydrogen (secondary N) is 3. The Morgan fingerprint density at radius 3 is 2.48 bits per heavy atom. The van der Waals surface area contributed by atoms with Crippen LogP contribution >= 0.6 is 0 Å². The van der Waals surface area contributed by atoms with Gasteiger partial charge in [-0.05, 0) is 31.7 Å². The number of carbonyl (C=O) groups excluding carboxylic acids is 1. The maximum Gasteiger partial charge on any atom is 0.325 e. The maximum absolute atomic E-state index is 12.2. The second-order valence-corrected chi connectivity index (χ2v) is 6.79. The molecule has 3 rings (SSSR count). The Kier molecular flexibility index (Phi) is 4.88. The zero-order valence-corrected chi connectivity index (χ0v) is 14.4. The number of amides is 1. The fourth-order valence-electron chi connectivity index (χ4n) is 3.48. The number of benzene rings is 1. The molecule has 0 atom stereocenters. The summed E-state index contributed by atoms with van der Waals surface area (Å²) in [7, 11) is 0. The van der Waals surface area contributed by atoms with Crippen LogP contribution in [-0.2, 0) is 16.6 Å². The molecule has 1 heterocycles. The van der Waals surface area contributed by atoms with Crippen LogP contribution in [0.25, 0.3) is 0 Å². The van der Waals surface area contributed by atoms with Gasteiger partial charge in [0.25, 0.3) is 5.56 Å². The van der Waals surface area contributed by atoms with Crippen molar-refractivity contribution in [2.24, 2.45) is 0 Å². The molecule has 0 radical (unpaired) electrons. The molecule has 1 aliphatic rings. The van der Waals surface area contributed by atoms with E-state index in [1.807, 2.05) is 18.2 Å². The number of hydrogen-bond acceptors (Lipinski definition) is 3. The lowest BCUT2D eigenvalue weighted by atomic mass is 9.64. The summed E-state index contributed by atoms with van der Waals surface area (Å²) in [6, 6.07) is 10.3. The number of aromatic nitrogens is 2. The van der Waals surface area contributed by atoms with Crippen LogP contribution in [-0.4, -0.2) is 22.4 Å². The molecule has 0 aliphatic heterocycles. The van der Waals surface area contributed by atoms with Crippen molar-refractivity contribution in [3.05, 3.63) is 68.0 Å². The van der Waals surface area contributed by atoms with Gasteiger partial charge in [0, 0.05) is 29.6 Å². The summed E-state index contributed by atoms with van der Waals surface area (Å²) in [5, 5.41) is 3.02. The van der Waals surface area contributed by atoms with E-state index in [0.29, 0.717) is 24.2 Å². The summed E-state index contributed by atoms with van der Waals surface area (Å²) >= 11 is 0. The second kappa shape index (κ2) is 7.09. The fraction of sp³-hybridized carbons (Fsp3) is 0.421. The molecule has 132 valence electrons. The lowest BCUT2D eigenvalue weighted by molar-refractivity contribution is -0.121. The summed E-state index contributed by atoms with van der Waals surface area (Å²) in [5.74, 6) is -0.0767. The van der Waals surface area contributed by atoms with Gasteiger partial charge in [0.15, 0.2) is 0 Å². The van der Waals surface area contributed by atoms with E-state index in [9.17, 15) is 14.4 Å². The Morgan fingerprint density at radius 1 is 1.16 bits per heavy atom. The zero-order chi connectivity index (χ0) is 17.9. The Balaban J connectivity index is 1.59. The molecule has 6 nitrogen and oxygen atoms in total. The Hall–Kier alpha value is -2.63. The molecular weight excluding hydrogens is 318 g/mol. The molecule has 0 unspecified atom stereocenters. The molecule has 0 spiro atoms. The van der Waals surface area contributed by atoms with Crippen molar-refractivity contribution in [1.29, 1.82) is 0 Å². The smallest absolute Gasteiger partial charge is 0.325 e. The molecular formula is C19H23N3O3.